The van der Waals surface area contributed by atoms with Crippen molar-refractivity contribution in [2.75, 3.05) is 26.3 Å². The maximum Gasteiger partial charge on any atom is 0.227 e. The van der Waals surface area contributed by atoms with E-state index in [1.54, 1.807) is 0 Å². The second kappa shape index (κ2) is 5.65. The Morgan fingerprint density at radius 3 is 2.62 bits per heavy atom. The summed E-state index contributed by atoms with van der Waals surface area (Å²) in [6.45, 7) is 2.00. The highest BCUT2D eigenvalue weighted by molar-refractivity contribution is 5.79. The summed E-state index contributed by atoms with van der Waals surface area (Å²) in [4.78, 5) is 13.8. The van der Waals surface area contributed by atoms with E-state index in [1.165, 1.54) is 0 Å². The van der Waals surface area contributed by atoms with Crippen LogP contribution in [0.1, 0.15) is 5.56 Å². The third kappa shape index (κ3) is 3.03. The molecule has 1 aromatic carbocycles. The van der Waals surface area contributed by atoms with Gasteiger partial charge < -0.3 is 10.1 Å². The quantitative estimate of drug-likeness (QED) is 0.830. The van der Waals surface area contributed by atoms with Crippen LogP contribution in [0.4, 0.5) is 13.2 Å². The fourth-order valence-electron chi connectivity index (χ4n) is 2.81. The standard InChI is InChI=1S/C14H15F3N2O2/c15-11-1-8(2-12(16)13(11)17)3-19-4-9-6-21-7-10(5-19)18-14(9)20/h1-2,9-10H,3-7H2,(H,18,20)/t9-,10+/m1/s1. The van der Waals surface area contributed by atoms with Crippen molar-refractivity contribution in [3.8, 4) is 0 Å². The number of halogens is 3. The first kappa shape index (κ1) is 14.3. The summed E-state index contributed by atoms with van der Waals surface area (Å²) in [5.41, 5.74) is 0.347. The molecule has 114 valence electrons. The van der Waals surface area contributed by atoms with Crippen molar-refractivity contribution in [1.29, 1.82) is 0 Å². The molecule has 1 amide bonds. The van der Waals surface area contributed by atoms with Crippen LogP contribution < -0.4 is 5.32 Å². The normalized spacial score (nSPS) is 26.3. The fourth-order valence-corrected chi connectivity index (χ4v) is 2.81. The van der Waals surface area contributed by atoms with E-state index in [4.69, 9.17) is 4.74 Å². The van der Waals surface area contributed by atoms with Crippen LogP contribution in [0, 0.1) is 23.4 Å². The zero-order valence-electron chi connectivity index (χ0n) is 11.2. The summed E-state index contributed by atoms with van der Waals surface area (Å²) < 4.78 is 44.9. The second-order valence-corrected chi connectivity index (χ2v) is 5.51. The zero-order valence-corrected chi connectivity index (χ0v) is 11.2. The number of hydrogen-bond donors (Lipinski definition) is 1. The molecule has 0 saturated carbocycles. The van der Waals surface area contributed by atoms with Crippen molar-refractivity contribution in [2.45, 2.75) is 12.6 Å². The molecule has 2 atom stereocenters. The Labute approximate surface area is 119 Å². The number of fused-ring (bicyclic) bond motifs is 3. The van der Waals surface area contributed by atoms with Crippen molar-refractivity contribution >= 4 is 5.91 Å². The maximum absolute atomic E-state index is 13.2. The van der Waals surface area contributed by atoms with Crippen molar-refractivity contribution < 1.29 is 22.7 Å². The smallest absolute Gasteiger partial charge is 0.227 e. The molecule has 2 fully saturated rings. The van der Waals surface area contributed by atoms with Gasteiger partial charge in [-0.3, -0.25) is 9.69 Å². The molecule has 4 nitrogen and oxygen atoms in total. The van der Waals surface area contributed by atoms with E-state index < -0.39 is 17.5 Å². The number of rotatable bonds is 2. The first-order chi connectivity index (χ1) is 10.0. The lowest BCUT2D eigenvalue weighted by Gasteiger charge is -2.27. The summed E-state index contributed by atoms with van der Waals surface area (Å²) in [6.07, 6.45) is 0. The molecular formula is C14H15F3N2O2. The molecule has 1 N–H and O–H groups in total. The van der Waals surface area contributed by atoms with Gasteiger partial charge in [0.2, 0.25) is 5.91 Å². The van der Waals surface area contributed by atoms with Crippen LogP contribution in [-0.2, 0) is 16.1 Å². The Bertz CT molecular complexity index is 544. The van der Waals surface area contributed by atoms with Gasteiger partial charge in [-0.25, -0.2) is 13.2 Å². The lowest BCUT2D eigenvalue weighted by atomic mass is 10.1. The number of carbonyl (C=O) groups excluding carboxylic acids is 1. The van der Waals surface area contributed by atoms with Crippen molar-refractivity contribution in [1.82, 2.24) is 10.2 Å². The summed E-state index contributed by atoms with van der Waals surface area (Å²) in [5, 5.41) is 2.87. The number of nitrogens with one attached hydrogen (secondary N) is 1. The molecule has 2 saturated heterocycles. The van der Waals surface area contributed by atoms with Crippen molar-refractivity contribution in [3.05, 3.63) is 35.1 Å². The number of benzene rings is 1. The average molecular weight is 300 g/mol. The van der Waals surface area contributed by atoms with E-state index in [1.807, 2.05) is 4.90 Å². The van der Waals surface area contributed by atoms with Gasteiger partial charge in [-0.2, -0.15) is 0 Å². The van der Waals surface area contributed by atoms with Gasteiger partial charge in [0.15, 0.2) is 17.5 Å². The Hall–Kier alpha value is -1.60. The molecule has 1 aromatic rings. The molecule has 3 rings (SSSR count). The summed E-state index contributed by atoms with van der Waals surface area (Å²) >= 11 is 0. The Balaban J connectivity index is 1.77. The van der Waals surface area contributed by atoms with Gasteiger partial charge in [0.1, 0.15) is 0 Å². The van der Waals surface area contributed by atoms with E-state index in [0.717, 1.165) is 12.1 Å². The lowest BCUT2D eigenvalue weighted by Crippen LogP contribution is -2.41. The van der Waals surface area contributed by atoms with Gasteiger partial charge in [-0.15, -0.1) is 0 Å². The van der Waals surface area contributed by atoms with Crippen LogP contribution in [0.15, 0.2) is 12.1 Å². The highest BCUT2D eigenvalue weighted by Crippen LogP contribution is 2.19. The number of amides is 1. The molecule has 0 unspecified atom stereocenters. The average Bonchev–Trinajstić information content (AvgIpc) is 2.65. The maximum atomic E-state index is 13.2. The molecule has 2 bridgehead atoms. The van der Waals surface area contributed by atoms with E-state index in [9.17, 15) is 18.0 Å². The molecule has 21 heavy (non-hydrogen) atoms. The monoisotopic (exact) mass is 300 g/mol. The van der Waals surface area contributed by atoms with Crippen LogP contribution in [0.2, 0.25) is 0 Å². The predicted molar refractivity (Wildman–Crippen MR) is 67.8 cm³/mol. The van der Waals surface area contributed by atoms with Crippen LogP contribution in [0.25, 0.3) is 0 Å². The molecule has 0 radical (unpaired) electrons. The van der Waals surface area contributed by atoms with E-state index >= 15 is 0 Å². The predicted octanol–water partition coefficient (Wildman–Crippen LogP) is 1.05. The first-order valence-electron chi connectivity index (χ1n) is 6.77. The number of hydrogen-bond acceptors (Lipinski definition) is 3. The highest BCUT2D eigenvalue weighted by Gasteiger charge is 2.33. The summed E-state index contributed by atoms with van der Waals surface area (Å²) in [5.74, 6) is -4.21. The van der Waals surface area contributed by atoms with Gasteiger partial charge in [0.25, 0.3) is 0 Å². The molecule has 2 heterocycles. The zero-order chi connectivity index (χ0) is 15.0. The van der Waals surface area contributed by atoms with Crippen LogP contribution in [0.5, 0.6) is 0 Å². The first-order valence-corrected chi connectivity index (χ1v) is 6.77. The van der Waals surface area contributed by atoms with E-state index in [0.29, 0.717) is 31.9 Å². The van der Waals surface area contributed by atoms with E-state index in [-0.39, 0.29) is 24.4 Å². The number of carbonyl (C=O) groups is 1. The molecular weight excluding hydrogens is 285 g/mol. The SMILES string of the molecule is O=C1N[C@@H]2COC[C@H]1CN(Cc1cc(F)c(F)c(F)c1)C2. The molecule has 2 aliphatic heterocycles. The van der Waals surface area contributed by atoms with Gasteiger partial charge in [0.05, 0.1) is 25.2 Å². The fraction of sp³-hybridized carbons (Fsp3) is 0.500. The highest BCUT2D eigenvalue weighted by atomic mass is 19.2. The molecule has 0 spiro atoms. The molecule has 0 aromatic heterocycles. The topological polar surface area (TPSA) is 41.6 Å². The second-order valence-electron chi connectivity index (χ2n) is 5.51. The Morgan fingerprint density at radius 1 is 1.19 bits per heavy atom. The van der Waals surface area contributed by atoms with Gasteiger partial charge in [-0.1, -0.05) is 0 Å². The minimum Gasteiger partial charge on any atom is -0.378 e. The van der Waals surface area contributed by atoms with Gasteiger partial charge >= 0.3 is 0 Å². The Morgan fingerprint density at radius 2 is 1.90 bits per heavy atom. The lowest BCUT2D eigenvalue weighted by molar-refractivity contribution is -0.125. The molecule has 7 heteroatoms. The number of nitrogens with zero attached hydrogens (tertiary/aromatic N) is 1. The molecule has 2 aliphatic rings. The van der Waals surface area contributed by atoms with Crippen LogP contribution in [-0.4, -0.2) is 43.2 Å². The Kier molecular flexibility index (Phi) is 3.86. The van der Waals surface area contributed by atoms with Crippen LogP contribution in [0.3, 0.4) is 0 Å². The summed E-state index contributed by atoms with van der Waals surface area (Å²) in [6, 6.07) is 1.84. The van der Waals surface area contributed by atoms with E-state index in [2.05, 4.69) is 5.32 Å². The number of ether oxygens (including phenoxy) is 1. The van der Waals surface area contributed by atoms with Gasteiger partial charge in [0, 0.05) is 19.6 Å². The third-order valence-corrected chi connectivity index (χ3v) is 3.76. The van der Waals surface area contributed by atoms with Crippen molar-refractivity contribution in [2.24, 2.45) is 5.92 Å². The minimum atomic E-state index is -1.46. The summed E-state index contributed by atoms with van der Waals surface area (Å²) in [7, 11) is 0. The van der Waals surface area contributed by atoms with Gasteiger partial charge in [-0.05, 0) is 17.7 Å². The van der Waals surface area contributed by atoms with Crippen molar-refractivity contribution in [3.63, 3.8) is 0 Å². The largest absolute Gasteiger partial charge is 0.378 e. The van der Waals surface area contributed by atoms with Crippen LogP contribution >= 0.6 is 0 Å². The molecule has 0 aliphatic carbocycles. The third-order valence-electron chi connectivity index (χ3n) is 3.76. The minimum absolute atomic E-state index is 0.0588.